The highest BCUT2D eigenvalue weighted by molar-refractivity contribution is 5.80. The molecule has 4 fully saturated rings. The van der Waals surface area contributed by atoms with Gasteiger partial charge >= 0.3 is 6.03 Å². The first-order chi connectivity index (χ1) is 18.9. The Morgan fingerprint density at radius 2 is 1.77 bits per heavy atom. The smallest absolute Gasteiger partial charge is 0.320 e. The van der Waals surface area contributed by atoms with Gasteiger partial charge in [-0.2, -0.15) is 5.10 Å². The van der Waals surface area contributed by atoms with Gasteiger partial charge in [0.1, 0.15) is 6.34 Å². The summed E-state index contributed by atoms with van der Waals surface area (Å²) >= 11 is 0. The number of rotatable bonds is 9. The maximum absolute atomic E-state index is 13.8. The van der Waals surface area contributed by atoms with Crippen LogP contribution in [0.5, 0.6) is 0 Å². The molecule has 4 aliphatic rings. The van der Waals surface area contributed by atoms with Crippen molar-refractivity contribution >= 4 is 25.0 Å². The Hall–Kier alpha value is -2.94. The van der Waals surface area contributed by atoms with Crippen molar-refractivity contribution in [3.63, 3.8) is 0 Å². The number of hydrazone groups is 1. The largest absolute Gasteiger partial charge is 0.339 e. The van der Waals surface area contributed by atoms with Crippen LogP contribution < -0.4 is 0 Å². The van der Waals surface area contributed by atoms with Crippen molar-refractivity contribution in [2.75, 3.05) is 59.9 Å². The molecule has 0 bridgehead atoms. The highest BCUT2D eigenvalue weighted by Gasteiger charge is 2.54. The summed E-state index contributed by atoms with van der Waals surface area (Å²) in [6.45, 7) is 8.18. The fourth-order valence-electron chi connectivity index (χ4n) is 7.12. The summed E-state index contributed by atoms with van der Waals surface area (Å²) in [6.07, 6.45) is 9.58. The average molecular weight is 536 g/mol. The van der Waals surface area contributed by atoms with Crippen LogP contribution in [0.25, 0.3) is 0 Å². The van der Waals surface area contributed by atoms with Crippen LogP contribution in [0.2, 0.25) is 0 Å². The lowest BCUT2D eigenvalue weighted by atomic mass is 9.68. The van der Waals surface area contributed by atoms with Crippen LogP contribution in [0, 0.1) is 5.92 Å². The number of benzene rings is 1. The summed E-state index contributed by atoms with van der Waals surface area (Å²) in [5.74, 6) is 0.747. The van der Waals surface area contributed by atoms with Crippen molar-refractivity contribution < 1.29 is 9.59 Å². The molecule has 1 aromatic rings. The number of carbonyl (C=O) groups is 2. The summed E-state index contributed by atoms with van der Waals surface area (Å²) in [7, 11) is 4.38. The molecule has 5 rings (SSSR count). The summed E-state index contributed by atoms with van der Waals surface area (Å²) in [4.78, 5) is 39.1. The van der Waals surface area contributed by atoms with Crippen LogP contribution >= 0.6 is 0 Å². The third-order valence-electron chi connectivity index (χ3n) is 9.90. The minimum absolute atomic E-state index is 0.00495. The van der Waals surface area contributed by atoms with Crippen molar-refractivity contribution in [3.8, 4) is 0 Å². The number of aliphatic imine (C=N–C) groups is 1. The minimum atomic E-state index is -0.132. The quantitative estimate of drug-likeness (QED) is 0.359. The van der Waals surface area contributed by atoms with E-state index in [0.717, 1.165) is 38.8 Å². The first-order valence-corrected chi connectivity index (χ1v) is 14.7. The minimum Gasteiger partial charge on any atom is -0.339 e. The summed E-state index contributed by atoms with van der Waals surface area (Å²) in [6, 6.07) is 11.0. The second-order valence-corrected chi connectivity index (χ2v) is 12.1. The third kappa shape index (κ3) is 5.55. The zero-order chi connectivity index (χ0) is 27.5. The normalized spacial score (nSPS) is 28.1. The molecule has 0 unspecified atom stereocenters. The van der Waals surface area contributed by atoms with Crippen molar-refractivity contribution in [3.05, 3.63) is 35.9 Å². The predicted molar refractivity (Wildman–Crippen MR) is 155 cm³/mol. The topological polar surface area (TPSA) is 75.1 Å². The molecule has 1 spiro atoms. The molecule has 0 N–H and O–H groups in total. The van der Waals surface area contributed by atoms with Gasteiger partial charge in [-0.05, 0) is 70.8 Å². The van der Waals surface area contributed by atoms with Crippen LogP contribution in [0.3, 0.4) is 0 Å². The van der Waals surface area contributed by atoms with Crippen molar-refractivity contribution in [1.29, 1.82) is 0 Å². The molecule has 2 aliphatic heterocycles. The fraction of sp³-hybridized carbons (Fsp3) is 0.667. The lowest BCUT2D eigenvalue weighted by Gasteiger charge is -2.51. The SMILES string of the molecule is C=N/C=N\N1CCN(C(=O)CCN2CC3(CCC(c4ccccc4)(N(C)C)CC3)N(CC3CCC3)C2=O)CC1. The lowest BCUT2D eigenvalue weighted by molar-refractivity contribution is -0.133. The molecule has 0 aromatic heterocycles. The summed E-state index contributed by atoms with van der Waals surface area (Å²) < 4.78 is 0. The average Bonchev–Trinajstić information content (AvgIpc) is 3.19. The van der Waals surface area contributed by atoms with E-state index >= 15 is 0 Å². The highest BCUT2D eigenvalue weighted by Crippen LogP contribution is 2.49. The van der Waals surface area contributed by atoms with E-state index < -0.39 is 0 Å². The van der Waals surface area contributed by atoms with Crippen molar-refractivity contribution in [2.45, 2.75) is 62.4 Å². The number of nitrogens with zero attached hydrogens (tertiary/aromatic N) is 7. The summed E-state index contributed by atoms with van der Waals surface area (Å²) in [5.41, 5.74) is 1.23. The van der Waals surface area contributed by atoms with Gasteiger partial charge in [-0.15, -0.1) is 0 Å². The van der Waals surface area contributed by atoms with E-state index in [0.29, 0.717) is 45.1 Å². The first kappa shape index (κ1) is 27.6. The Morgan fingerprint density at radius 3 is 2.36 bits per heavy atom. The van der Waals surface area contributed by atoms with Gasteiger partial charge in [0.15, 0.2) is 0 Å². The molecule has 2 saturated carbocycles. The molecule has 2 heterocycles. The molecule has 2 saturated heterocycles. The van der Waals surface area contributed by atoms with E-state index in [-0.39, 0.29) is 23.0 Å². The zero-order valence-corrected chi connectivity index (χ0v) is 23.8. The van der Waals surface area contributed by atoms with Gasteiger partial charge < -0.3 is 14.7 Å². The Kier molecular flexibility index (Phi) is 8.26. The van der Waals surface area contributed by atoms with Crippen molar-refractivity contribution in [1.82, 2.24) is 24.6 Å². The van der Waals surface area contributed by atoms with Gasteiger partial charge in [-0.3, -0.25) is 19.7 Å². The predicted octanol–water partition coefficient (Wildman–Crippen LogP) is 3.47. The van der Waals surface area contributed by atoms with Gasteiger partial charge in [0.05, 0.1) is 18.6 Å². The maximum Gasteiger partial charge on any atom is 0.320 e. The Labute approximate surface area is 233 Å². The standard InChI is InChI=1S/C30H45N7O2/c1-31-24-32-36-20-18-34(19-21-36)27(38)12-17-35-23-29(37(28(35)39)22-25-8-7-9-25)13-15-30(16-14-29,33(2)3)26-10-5-4-6-11-26/h4-6,10-11,24-25H,1,7-9,12-23H2,2-3H3/b32-24-. The van der Waals surface area contributed by atoms with E-state index in [1.54, 1.807) is 0 Å². The third-order valence-corrected chi connectivity index (χ3v) is 9.90. The molecule has 0 atom stereocenters. The molecular formula is C30H45N7O2. The molecule has 9 nitrogen and oxygen atoms in total. The van der Waals surface area contributed by atoms with Gasteiger partial charge in [-0.25, -0.2) is 4.79 Å². The number of piperazine rings is 1. The highest BCUT2D eigenvalue weighted by atomic mass is 16.2. The van der Waals surface area contributed by atoms with Gasteiger partial charge in [0, 0.05) is 44.7 Å². The zero-order valence-electron chi connectivity index (χ0n) is 23.8. The van der Waals surface area contributed by atoms with Gasteiger partial charge in [-0.1, -0.05) is 36.8 Å². The maximum atomic E-state index is 13.8. The molecule has 2 aliphatic carbocycles. The van der Waals surface area contributed by atoms with Gasteiger partial charge in [0.2, 0.25) is 5.91 Å². The number of hydrogen-bond acceptors (Lipinski definition) is 5. The Balaban J connectivity index is 1.24. The summed E-state index contributed by atoms with van der Waals surface area (Å²) in [5, 5.41) is 6.14. The van der Waals surface area contributed by atoms with E-state index in [1.807, 2.05) is 14.8 Å². The second-order valence-electron chi connectivity index (χ2n) is 12.1. The van der Waals surface area contributed by atoms with Crippen LogP contribution in [0.1, 0.15) is 56.9 Å². The second kappa shape index (κ2) is 11.7. The Morgan fingerprint density at radius 1 is 1.08 bits per heavy atom. The van der Waals surface area contributed by atoms with Crippen LogP contribution in [0.4, 0.5) is 4.79 Å². The van der Waals surface area contributed by atoms with Crippen LogP contribution in [-0.4, -0.2) is 115 Å². The molecule has 1 aromatic carbocycles. The molecular weight excluding hydrogens is 490 g/mol. The number of urea groups is 1. The van der Waals surface area contributed by atoms with E-state index in [4.69, 9.17) is 0 Å². The van der Waals surface area contributed by atoms with Crippen LogP contribution in [0.15, 0.2) is 40.4 Å². The molecule has 0 radical (unpaired) electrons. The number of amides is 3. The van der Waals surface area contributed by atoms with E-state index in [9.17, 15) is 9.59 Å². The molecule has 3 amide bonds. The number of hydrogen-bond donors (Lipinski definition) is 0. The number of carbonyl (C=O) groups excluding carboxylic acids is 2. The van der Waals surface area contributed by atoms with E-state index in [1.165, 1.54) is 31.2 Å². The molecule has 39 heavy (non-hydrogen) atoms. The monoisotopic (exact) mass is 535 g/mol. The van der Waals surface area contributed by atoms with Crippen LogP contribution in [-0.2, 0) is 10.3 Å². The molecule has 9 heteroatoms. The van der Waals surface area contributed by atoms with Crippen molar-refractivity contribution in [2.24, 2.45) is 16.0 Å². The van der Waals surface area contributed by atoms with Gasteiger partial charge in [0.25, 0.3) is 0 Å². The first-order valence-electron chi connectivity index (χ1n) is 14.7. The Bertz CT molecular complexity index is 1040. The lowest BCUT2D eigenvalue weighted by Crippen LogP contribution is -2.56. The fourth-order valence-corrected chi connectivity index (χ4v) is 7.12. The van der Waals surface area contributed by atoms with E-state index in [2.05, 4.69) is 71.0 Å². The molecule has 212 valence electrons.